The van der Waals surface area contributed by atoms with Gasteiger partial charge in [0.15, 0.2) is 17.3 Å². The number of phenolic OH excluding ortho intramolecular Hbond substituents is 1. The molecule has 2 aromatic rings. The Morgan fingerprint density at radius 2 is 1.59 bits per heavy atom. The van der Waals surface area contributed by atoms with Crippen molar-refractivity contribution >= 4 is 13.3 Å². The minimum Gasteiger partial charge on any atom is -0.502 e. The van der Waals surface area contributed by atoms with Crippen LogP contribution in [0.5, 0.6) is 17.2 Å². The molecular formula is C18H25N2O6P. The molecule has 9 heteroatoms. The number of benzene rings is 1. The lowest BCUT2D eigenvalue weighted by molar-refractivity contribution is 0.214. The first-order valence-corrected chi connectivity index (χ1v) is 10.1. The minimum absolute atomic E-state index is 0.144. The molecule has 0 saturated carbocycles. The van der Waals surface area contributed by atoms with Crippen LogP contribution in [0, 0.1) is 0 Å². The van der Waals surface area contributed by atoms with Crippen LogP contribution in [0.1, 0.15) is 25.2 Å². The van der Waals surface area contributed by atoms with E-state index < -0.39 is 13.4 Å². The number of anilines is 1. The molecule has 1 heterocycles. The molecule has 0 aliphatic heterocycles. The number of hydrogen-bond donors (Lipinski definition) is 2. The van der Waals surface area contributed by atoms with Gasteiger partial charge in [0.05, 0.1) is 27.4 Å². The van der Waals surface area contributed by atoms with Crippen molar-refractivity contribution in [2.75, 3.05) is 32.8 Å². The highest BCUT2D eigenvalue weighted by molar-refractivity contribution is 7.54. The number of phenols is 1. The van der Waals surface area contributed by atoms with Crippen LogP contribution in [0.25, 0.3) is 0 Å². The number of pyridine rings is 1. The van der Waals surface area contributed by atoms with Crippen molar-refractivity contribution in [3.8, 4) is 17.2 Å². The summed E-state index contributed by atoms with van der Waals surface area (Å²) in [5.74, 6) is -0.631. The van der Waals surface area contributed by atoms with Crippen molar-refractivity contribution in [2.45, 2.75) is 19.6 Å². The van der Waals surface area contributed by atoms with Crippen LogP contribution in [-0.4, -0.2) is 37.5 Å². The third-order valence-corrected chi connectivity index (χ3v) is 6.03. The van der Waals surface area contributed by atoms with Gasteiger partial charge in [-0.2, -0.15) is 0 Å². The van der Waals surface area contributed by atoms with Gasteiger partial charge in [-0.25, -0.2) is 0 Å². The van der Waals surface area contributed by atoms with Crippen LogP contribution in [-0.2, 0) is 13.6 Å². The lowest BCUT2D eigenvalue weighted by Gasteiger charge is -2.28. The molecule has 0 amide bonds. The molecule has 0 fully saturated rings. The standard InChI is InChI=1S/C18H25N2O6P/c1-5-25-27(22,26-6-2)18(20-14-7-9-19-10-8-14)13-11-15(23-3)17(21)16(12-13)24-4/h7-12,18,21H,5-6H2,1-4H3,(H,19,20). The molecule has 1 aromatic heterocycles. The van der Waals surface area contributed by atoms with Crippen molar-refractivity contribution in [2.24, 2.45) is 0 Å². The van der Waals surface area contributed by atoms with E-state index >= 15 is 0 Å². The molecule has 0 saturated heterocycles. The van der Waals surface area contributed by atoms with Gasteiger partial charge in [0.1, 0.15) is 0 Å². The summed E-state index contributed by atoms with van der Waals surface area (Å²) in [5.41, 5.74) is 1.20. The Morgan fingerprint density at radius 3 is 2.04 bits per heavy atom. The van der Waals surface area contributed by atoms with E-state index in [1.807, 2.05) is 0 Å². The summed E-state index contributed by atoms with van der Waals surface area (Å²) in [6, 6.07) is 6.62. The van der Waals surface area contributed by atoms with Gasteiger partial charge in [-0.15, -0.1) is 0 Å². The van der Waals surface area contributed by atoms with E-state index in [-0.39, 0.29) is 30.5 Å². The van der Waals surface area contributed by atoms with E-state index in [0.717, 1.165) is 0 Å². The molecule has 0 aliphatic carbocycles. The van der Waals surface area contributed by atoms with E-state index in [0.29, 0.717) is 11.3 Å². The third-order valence-electron chi connectivity index (χ3n) is 3.74. The molecule has 0 spiro atoms. The van der Waals surface area contributed by atoms with E-state index in [1.54, 1.807) is 50.5 Å². The summed E-state index contributed by atoms with van der Waals surface area (Å²) < 4.78 is 35.1. The molecular weight excluding hydrogens is 371 g/mol. The molecule has 0 aliphatic rings. The molecule has 148 valence electrons. The van der Waals surface area contributed by atoms with Gasteiger partial charge in [-0.1, -0.05) is 0 Å². The van der Waals surface area contributed by atoms with Crippen molar-refractivity contribution in [1.82, 2.24) is 4.98 Å². The fraction of sp³-hybridized carbons (Fsp3) is 0.389. The Hall–Kier alpha value is -2.28. The number of ether oxygens (including phenoxy) is 2. The lowest BCUT2D eigenvalue weighted by atomic mass is 10.1. The number of methoxy groups -OCH3 is 2. The zero-order valence-electron chi connectivity index (χ0n) is 15.8. The first-order valence-electron chi connectivity index (χ1n) is 8.49. The Kier molecular flexibility index (Phi) is 7.47. The Morgan fingerprint density at radius 1 is 1.07 bits per heavy atom. The van der Waals surface area contributed by atoms with Crippen molar-refractivity contribution in [3.05, 3.63) is 42.2 Å². The highest BCUT2D eigenvalue weighted by Crippen LogP contribution is 2.61. The summed E-state index contributed by atoms with van der Waals surface area (Å²) in [6.07, 6.45) is 3.23. The van der Waals surface area contributed by atoms with Gasteiger partial charge >= 0.3 is 7.60 Å². The van der Waals surface area contributed by atoms with Crippen molar-refractivity contribution in [3.63, 3.8) is 0 Å². The molecule has 8 nitrogen and oxygen atoms in total. The second kappa shape index (κ2) is 9.60. The quantitative estimate of drug-likeness (QED) is 0.577. The topological polar surface area (TPSA) is 99.1 Å². The average Bonchev–Trinajstić information content (AvgIpc) is 2.67. The maximum absolute atomic E-state index is 13.5. The van der Waals surface area contributed by atoms with Gasteiger partial charge in [0, 0.05) is 18.1 Å². The van der Waals surface area contributed by atoms with Gasteiger partial charge < -0.3 is 28.9 Å². The number of aromatic nitrogens is 1. The summed E-state index contributed by atoms with van der Waals surface area (Å²) in [5, 5.41) is 13.4. The first kappa shape index (κ1) is 21.0. The molecule has 1 atom stereocenters. The lowest BCUT2D eigenvalue weighted by Crippen LogP contribution is -2.15. The Bertz CT molecular complexity index is 752. The number of rotatable bonds is 10. The van der Waals surface area contributed by atoms with Crippen LogP contribution in [0.15, 0.2) is 36.7 Å². The molecule has 0 radical (unpaired) electrons. The van der Waals surface area contributed by atoms with Crippen LogP contribution >= 0.6 is 7.60 Å². The molecule has 1 unspecified atom stereocenters. The SMILES string of the molecule is CCOP(=O)(OCC)C(Nc1ccncc1)c1cc(OC)c(O)c(OC)c1. The molecule has 1 aromatic carbocycles. The average molecular weight is 396 g/mol. The second-order valence-corrected chi connectivity index (χ2v) is 7.54. The van der Waals surface area contributed by atoms with E-state index in [2.05, 4.69) is 10.3 Å². The normalized spacial score (nSPS) is 12.4. The number of hydrogen-bond acceptors (Lipinski definition) is 8. The van der Waals surface area contributed by atoms with Crippen LogP contribution in [0.3, 0.4) is 0 Å². The summed E-state index contributed by atoms with van der Waals surface area (Å²) in [6.45, 7) is 3.90. The number of nitrogens with zero attached hydrogens (tertiary/aromatic N) is 1. The molecule has 2 N–H and O–H groups in total. The van der Waals surface area contributed by atoms with Crippen molar-refractivity contribution in [1.29, 1.82) is 0 Å². The van der Waals surface area contributed by atoms with Gasteiger partial charge in [0.2, 0.25) is 5.75 Å². The fourth-order valence-corrected chi connectivity index (χ4v) is 4.48. The molecule has 0 bridgehead atoms. The predicted molar refractivity (Wildman–Crippen MR) is 103 cm³/mol. The maximum Gasteiger partial charge on any atom is 0.357 e. The van der Waals surface area contributed by atoms with E-state index in [9.17, 15) is 9.67 Å². The predicted octanol–water partition coefficient (Wildman–Crippen LogP) is 4.18. The van der Waals surface area contributed by atoms with Crippen LogP contribution in [0.4, 0.5) is 5.69 Å². The number of aromatic hydroxyl groups is 1. The summed E-state index contributed by atoms with van der Waals surface area (Å²) in [4.78, 5) is 3.98. The summed E-state index contributed by atoms with van der Waals surface area (Å²) >= 11 is 0. The fourth-order valence-electron chi connectivity index (χ4n) is 2.57. The maximum atomic E-state index is 13.5. The molecule has 27 heavy (non-hydrogen) atoms. The largest absolute Gasteiger partial charge is 0.502 e. The van der Waals surface area contributed by atoms with Gasteiger partial charge in [-0.05, 0) is 43.7 Å². The zero-order valence-corrected chi connectivity index (χ0v) is 16.7. The number of nitrogens with one attached hydrogen (secondary N) is 1. The van der Waals surface area contributed by atoms with E-state index in [1.165, 1.54) is 14.2 Å². The smallest absolute Gasteiger partial charge is 0.357 e. The molecule has 2 rings (SSSR count). The van der Waals surface area contributed by atoms with Gasteiger partial charge in [0.25, 0.3) is 0 Å². The highest BCUT2D eigenvalue weighted by atomic mass is 31.2. The van der Waals surface area contributed by atoms with Crippen molar-refractivity contribution < 1.29 is 28.2 Å². The third kappa shape index (κ3) is 4.91. The van der Waals surface area contributed by atoms with E-state index in [4.69, 9.17) is 18.5 Å². The summed E-state index contributed by atoms with van der Waals surface area (Å²) in [7, 11) is -0.767. The van der Waals surface area contributed by atoms with Crippen LogP contribution < -0.4 is 14.8 Å². The first-order chi connectivity index (χ1) is 13.0. The van der Waals surface area contributed by atoms with Crippen LogP contribution in [0.2, 0.25) is 0 Å². The monoisotopic (exact) mass is 396 g/mol. The Labute approximate surface area is 159 Å². The minimum atomic E-state index is -3.62. The second-order valence-electron chi connectivity index (χ2n) is 5.43. The Balaban J connectivity index is 2.59. The highest BCUT2D eigenvalue weighted by Gasteiger charge is 2.38. The zero-order chi connectivity index (χ0) is 19.9. The van der Waals surface area contributed by atoms with Gasteiger partial charge in [-0.3, -0.25) is 9.55 Å².